The van der Waals surface area contributed by atoms with Gasteiger partial charge in [-0.1, -0.05) is 30.4 Å². The fraction of sp³-hybridized carbons (Fsp3) is 0.273. The summed E-state index contributed by atoms with van der Waals surface area (Å²) in [7, 11) is 0. The lowest BCUT2D eigenvalue weighted by molar-refractivity contribution is 1.25. The lowest BCUT2D eigenvalue weighted by atomic mass is 10.1. The van der Waals surface area contributed by atoms with Crippen LogP contribution in [0.1, 0.15) is 5.56 Å². The smallest absolute Gasteiger partial charge is 0.0649 e. The summed E-state index contributed by atoms with van der Waals surface area (Å²) in [6.07, 6.45) is 5.71. The van der Waals surface area contributed by atoms with Crippen LogP contribution in [-0.2, 0) is 6.42 Å². The molecular weight excluding hydrogens is 146 g/mol. The molecule has 1 atom stereocenters. The van der Waals surface area contributed by atoms with Crippen molar-refractivity contribution in [3.63, 3.8) is 0 Å². The maximum atomic E-state index is 2.44. The van der Waals surface area contributed by atoms with E-state index in [1.54, 1.807) is 0 Å². The van der Waals surface area contributed by atoms with Crippen LogP contribution in [0.15, 0.2) is 36.4 Å². The van der Waals surface area contributed by atoms with Crippen LogP contribution in [0.3, 0.4) is 0 Å². The number of hydrogen-bond acceptors (Lipinski definition) is 1. The van der Waals surface area contributed by atoms with Crippen molar-refractivity contribution in [2.75, 3.05) is 11.4 Å². The van der Waals surface area contributed by atoms with Crippen LogP contribution < -0.4 is 4.90 Å². The van der Waals surface area contributed by atoms with E-state index in [1.807, 2.05) is 0 Å². The molecule has 60 valence electrons. The van der Waals surface area contributed by atoms with Crippen LogP contribution in [0.5, 0.6) is 0 Å². The molecule has 0 N–H and O–H groups in total. The van der Waals surface area contributed by atoms with E-state index >= 15 is 0 Å². The average Bonchev–Trinajstić information content (AvgIpc) is 2.82. The van der Waals surface area contributed by atoms with E-state index in [4.69, 9.17) is 0 Å². The Kier molecular flexibility index (Phi) is 1.12. The number of anilines is 1. The molecule has 0 aromatic heterocycles. The van der Waals surface area contributed by atoms with Crippen LogP contribution in [-0.4, -0.2) is 12.6 Å². The highest BCUT2D eigenvalue weighted by Crippen LogP contribution is 2.34. The Hall–Kier alpha value is -1.24. The van der Waals surface area contributed by atoms with Crippen molar-refractivity contribution in [3.05, 3.63) is 42.0 Å². The largest absolute Gasteiger partial charge is 0.361 e. The molecule has 1 saturated heterocycles. The first-order valence-corrected chi connectivity index (χ1v) is 4.46. The Bertz CT molecular complexity index is 341. The number of benzene rings is 1. The summed E-state index contributed by atoms with van der Waals surface area (Å²) in [6.45, 7) is 1.22. The Morgan fingerprint density at radius 2 is 2.17 bits per heavy atom. The first-order chi connectivity index (χ1) is 5.95. The van der Waals surface area contributed by atoms with Crippen LogP contribution in [0.4, 0.5) is 5.69 Å². The number of allylic oxidation sites excluding steroid dienone is 1. The van der Waals surface area contributed by atoms with E-state index in [0.717, 1.165) is 6.42 Å². The van der Waals surface area contributed by atoms with Crippen LogP contribution in [0, 0.1) is 0 Å². The topological polar surface area (TPSA) is 3.01 Å². The Morgan fingerprint density at radius 3 is 3.17 bits per heavy atom. The number of hydrogen-bond donors (Lipinski definition) is 0. The molecule has 0 radical (unpaired) electrons. The van der Waals surface area contributed by atoms with Gasteiger partial charge in [0, 0.05) is 12.2 Å². The van der Waals surface area contributed by atoms with Gasteiger partial charge in [0.05, 0.1) is 6.04 Å². The standard InChI is InChI=1S/C11H11N/c1-2-7-11-9(4-1)5-3-6-10-8-12(10)11/h1-4,6-7,10H,5,8H2/t10-,12?/m1/s1. The Balaban J connectivity index is 2.14. The zero-order valence-corrected chi connectivity index (χ0v) is 6.90. The molecule has 2 aliphatic heterocycles. The summed E-state index contributed by atoms with van der Waals surface area (Å²) in [5, 5.41) is 0. The van der Waals surface area contributed by atoms with Gasteiger partial charge in [-0.25, -0.2) is 0 Å². The third kappa shape index (κ3) is 0.795. The van der Waals surface area contributed by atoms with Crippen LogP contribution >= 0.6 is 0 Å². The number of para-hydroxylation sites is 1. The fourth-order valence-electron chi connectivity index (χ4n) is 1.91. The second-order valence-electron chi connectivity index (χ2n) is 3.48. The Labute approximate surface area is 72.3 Å². The number of fused-ring (bicyclic) bond motifs is 3. The lowest BCUT2D eigenvalue weighted by Gasteiger charge is -2.07. The zero-order valence-electron chi connectivity index (χ0n) is 6.90. The summed E-state index contributed by atoms with van der Waals surface area (Å²) >= 11 is 0. The molecule has 1 fully saturated rings. The van der Waals surface area contributed by atoms with Gasteiger partial charge in [-0.2, -0.15) is 0 Å². The predicted octanol–water partition coefficient (Wildman–Crippen LogP) is 1.99. The number of rotatable bonds is 0. The molecule has 0 aliphatic carbocycles. The second-order valence-corrected chi connectivity index (χ2v) is 3.48. The second kappa shape index (κ2) is 2.13. The van der Waals surface area contributed by atoms with Gasteiger partial charge in [0.2, 0.25) is 0 Å². The molecule has 3 rings (SSSR count). The zero-order chi connectivity index (χ0) is 7.97. The van der Waals surface area contributed by atoms with Crippen LogP contribution in [0.2, 0.25) is 0 Å². The SMILES string of the molecule is C1=C[C@@H]2CN2c2ccccc2C1. The van der Waals surface area contributed by atoms with Gasteiger partial charge in [0.25, 0.3) is 0 Å². The fourth-order valence-corrected chi connectivity index (χ4v) is 1.91. The molecule has 1 nitrogen and oxygen atoms in total. The molecule has 0 amide bonds. The summed E-state index contributed by atoms with van der Waals surface area (Å²) in [4.78, 5) is 2.44. The quantitative estimate of drug-likeness (QED) is 0.411. The van der Waals surface area contributed by atoms with Crippen molar-refractivity contribution in [2.24, 2.45) is 0 Å². The van der Waals surface area contributed by atoms with Crippen molar-refractivity contribution in [1.82, 2.24) is 0 Å². The van der Waals surface area contributed by atoms with Crippen molar-refractivity contribution in [3.8, 4) is 0 Å². The molecule has 0 saturated carbocycles. The van der Waals surface area contributed by atoms with Gasteiger partial charge in [-0.05, 0) is 18.1 Å². The van der Waals surface area contributed by atoms with Crippen molar-refractivity contribution < 1.29 is 0 Å². The van der Waals surface area contributed by atoms with Gasteiger partial charge < -0.3 is 4.90 Å². The summed E-state index contributed by atoms with van der Waals surface area (Å²) in [6, 6.07) is 9.40. The van der Waals surface area contributed by atoms with Gasteiger partial charge in [-0.15, -0.1) is 0 Å². The normalized spacial score (nSPS) is 24.3. The van der Waals surface area contributed by atoms with Gasteiger partial charge in [0.15, 0.2) is 0 Å². The minimum absolute atomic E-state index is 0.702. The molecule has 2 heterocycles. The molecular formula is C11H11N. The van der Waals surface area contributed by atoms with E-state index in [-0.39, 0.29) is 0 Å². The predicted molar refractivity (Wildman–Crippen MR) is 50.4 cm³/mol. The summed E-state index contributed by atoms with van der Waals surface area (Å²) < 4.78 is 0. The highest BCUT2D eigenvalue weighted by Gasteiger charge is 2.33. The highest BCUT2D eigenvalue weighted by molar-refractivity contribution is 5.62. The molecule has 0 spiro atoms. The van der Waals surface area contributed by atoms with Crippen molar-refractivity contribution in [1.29, 1.82) is 0 Å². The summed E-state index contributed by atoms with van der Waals surface area (Å²) in [5.41, 5.74) is 2.90. The monoisotopic (exact) mass is 157 g/mol. The molecule has 1 aromatic rings. The third-order valence-corrected chi connectivity index (χ3v) is 2.65. The van der Waals surface area contributed by atoms with E-state index in [1.165, 1.54) is 17.8 Å². The van der Waals surface area contributed by atoms with Gasteiger partial charge >= 0.3 is 0 Å². The average molecular weight is 157 g/mol. The first-order valence-electron chi connectivity index (χ1n) is 4.46. The molecule has 1 aromatic carbocycles. The Morgan fingerprint density at radius 1 is 1.25 bits per heavy atom. The van der Waals surface area contributed by atoms with Crippen molar-refractivity contribution >= 4 is 5.69 Å². The lowest BCUT2D eigenvalue weighted by Crippen LogP contribution is -1.97. The van der Waals surface area contributed by atoms with E-state index < -0.39 is 0 Å². The maximum absolute atomic E-state index is 2.44. The minimum atomic E-state index is 0.702. The molecule has 0 bridgehead atoms. The molecule has 12 heavy (non-hydrogen) atoms. The molecule has 1 heteroatoms. The van der Waals surface area contributed by atoms with E-state index in [9.17, 15) is 0 Å². The van der Waals surface area contributed by atoms with E-state index in [2.05, 4.69) is 41.3 Å². The molecule has 2 aliphatic rings. The third-order valence-electron chi connectivity index (χ3n) is 2.65. The van der Waals surface area contributed by atoms with Crippen LogP contribution in [0.25, 0.3) is 0 Å². The first kappa shape index (κ1) is 6.30. The van der Waals surface area contributed by atoms with Crippen molar-refractivity contribution in [2.45, 2.75) is 12.5 Å². The maximum Gasteiger partial charge on any atom is 0.0649 e. The highest BCUT2D eigenvalue weighted by atomic mass is 15.3. The van der Waals surface area contributed by atoms with E-state index in [0.29, 0.717) is 6.04 Å². The summed E-state index contributed by atoms with van der Waals surface area (Å²) in [5.74, 6) is 0. The van der Waals surface area contributed by atoms with Gasteiger partial charge in [0.1, 0.15) is 0 Å². The van der Waals surface area contributed by atoms with Gasteiger partial charge in [-0.3, -0.25) is 0 Å². The number of nitrogens with zero attached hydrogens (tertiary/aromatic N) is 1. The minimum Gasteiger partial charge on any atom is -0.361 e. The molecule has 0 unspecified atom stereocenters.